The first-order chi connectivity index (χ1) is 9.93. The van der Waals surface area contributed by atoms with Gasteiger partial charge in [-0.25, -0.2) is 9.59 Å². The zero-order valence-corrected chi connectivity index (χ0v) is 12.0. The van der Waals surface area contributed by atoms with Crippen molar-refractivity contribution < 1.29 is 24.5 Å². The lowest BCUT2D eigenvalue weighted by molar-refractivity contribution is -0.146. The lowest BCUT2D eigenvalue weighted by Gasteiger charge is -2.15. The maximum atomic E-state index is 11.6. The number of rotatable bonds is 7. The molecule has 0 heterocycles. The number of nitrogens with one attached hydrogen (secondary N) is 2. The van der Waals surface area contributed by atoms with Gasteiger partial charge in [0.25, 0.3) is 0 Å². The summed E-state index contributed by atoms with van der Waals surface area (Å²) in [5.41, 5.74) is 0.913. The standard InChI is InChI=1S/C14H20N2O5/c1-9(10-3-5-11(21-2)6-4-10)16-14(20)15-8-7-12(17)13(18)19/h3-6,9,12,17H,7-8H2,1-2H3,(H,18,19)(H2,15,16,20). The highest BCUT2D eigenvalue weighted by Gasteiger charge is 2.14. The van der Waals surface area contributed by atoms with Crippen LogP contribution in [-0.4, -0.2) is 42.0 Å². The molecule has 0 aliphatic heterocycles. The lowest BCUT2D eigenvalue weighted by Crippen LogP contribution is -2.39. The van der Waals surface area contributed by atoms with Crippen molar-refractivity contribution in [2.45, 2.75) is 25.5 Å². The second-order valence-electron chi connectivity index (χ2n) is 4.54. The normalized spacial score (nSPS) is 13.1. The maximum absolute atomic E-state index is 11.6. The third-order valence-electron chi connectivity index (χ3n) is 2.95. The van der Waals surface area contributed by atoms with Crippen LogP contribution in [-0.2, 0) is 4.79 Å². The van der Waals surface area contributed by atoms with Crippen LogP contribution in [0.15, 0.2) is 24.3 Å². The molecule has 0 fully saturated rings. The quantitative estimate of drug-likeness (QED) is 0.597. The molecule has 2 unspecified atom stereocenters. The Balaban J connectivity index is 2.37. The van der Waals surface area contributed by atoms with E-state index in [1.54, 1.807) is 19.2 Å². The number of aliphatic hydroxyl groups is 1. The summed E-state index contributed by atoms with van der Waals surface area (Å²) in [6, 6.07) is 6.66. The van der Waals surface area contributed by atoms with Crippen LogP contribution < -0.4 is 15.4 Å². The molecule has 21 heavy (non-hydrogen) atoms. The Bertz CT molecular complexity index is 475. The fourth-order valence-electron chi connectivity index (χ4n) is 1.67. The Morgan fingerprint density at radius 1 is 1.29 bits per heavy atom. The molecule has 1 rings (SSSR count). The zero-order valence-electron chi connectivity index (χ0n) is 12.0. The van der Waals surface area contributed by atoms with Crippen LogP contribution in [0.2, 0.25) is 0 Å². The minimum Gasteiger partial charge on any atom is -0.497 e. The molecule has 2 atom stereocenters. The summed E-state index contributed by atoms with van der Waals surface area (Å²) < 4.78 is 5.05. The van der Waals surface area contributed by atoms with E-state index in [1.165, 1.54) is 0 Å². The number of carboxylic acid groups (broad SMARTS) is 1. The van der Waals surface area contributed by atoms with Gasteiger partial charge in [-0.15, -0.1) is 0 Å². The molecule has 0 bridgehead atoms. The van der Waals surface area contributed by atoms with Gasteiger partial charge in [-0.2, -0.15) is 0 Å². The number of carboxylic acids is 1. The van der Waals surface area contributed by atoms with Crippen LogP contribution in [0.1, 0.15) is 24.9 Å². The second kappa shape index (κ2) is 8.11. The number of methoxy groups -OCH3 is 1. The molecule has 2 amide bonds. The van der Waals surface area contributed by atoms with E-state index < -0.39 is 18.1 Å². The van der Waals surface area contributed by atoms with Gasteiger partial charge >= 0.3 is 12.0 Å². The third kappa shape index (κ3) is 5.70. The van der Waals surface area contributed by atoms with E-state index in [0.29, 0.717) is 0 Å². The van der Waals surface area contributed by atoms with Crippen molar-refractivity contribution in [2.24, 2.45) is 0 Å². The number of carbonyl (C=O) groups is 2. The number of aliphatic carboxylic acids is 1. The van der Waals surface area contributed by atoms with Crippen molar-refractivity contribution in [3.8, 4) is 5.75 Å². The van der Waals surface area contributed by atoms with Gasteiger partial charge in [-0.1, -0.05) is 12.1 Å². The molecule has 116 valence electrons. The van der Waals surface area contributed by atoms with Gasteiger partial charge < -0.3 is 25.6 Å². The third-order valence-corrected chi connectivity index (χ3v) is 2.95. The van der Waals surface area contributed by atoms with E-state index in [4.69, 9.17) is 14.9 Å². The summed E-state index contributed by atoms with van der Waals surface area (Å²) >= 11 is 0. The smallest absolute Gasteiger partial charge is 0.332 e. The van der Waals surface area contributed by atoms with Crippen LogP contribution in [0.25, 0.3) is 0 Å². The molecule has 0 saturated heterocycles. The van der Waals surface area contributed by atoms with Gasteiger partial charge in [0.2, 0.25) is 0 Å². The Morgan fingerprint density at radius 2 is 1.90 bits per heavy atom. The topological polar surface area (TPSA) is 108 Å². The Hall–Kier alpha value is -2.28. The lowest BCUT2D eigenvalue weighted by atomic mass is 10.1. The van der Waals surface area contributed by atoms with Gasteiger partial charge in [0.05, 0.1) is 13.2 Å². The van der Waals surface area contributed by atoms with Crippen molar-refractivity contribution in [3.63, 3.8) is 0 Å². The number of hydrogen-bond donors (Lipinski definition) is 4. The minimum atomic E-state index is -1.47. The van der Waals surface area contributed by atoms with Crippen LogP contribution in [0.4, 0.5) is 4.79 Å². The molecular formula is C14H20N2O5. The number of hydrogen-bond acceptors (Lipinski definition) is 4. The fourth-order valence-corrected chi connectivity index (χ4v) is 1.67. The van der Waals surface area contributed by atoms with E-state index in [0.717, 1.165) is 11.3 Å². The van der Waals surface area contributed by atoms with Crippen molar-refractivity contribution in [3.05, 3.63) is 29.8 Å². The summed E-state index contributed by atoms with van der Waals surface area (Å²) in [4.78, 5) is 22.0. The summed E-state index contributed by atoms with van der Waals surface area (Å²) in [7, 11) is 1.58. The monoisotopic (exact) mass is 296 g/mol. The van der Waals surface area contributed by atoms with E-state index in [1.807, 2.05) is 19.1 Å². The maximum Gasteiger partial charge on any atom is 0.332 e. The predicted molar refractivity (Wildman–Crippen MR) is 76.2 cm³/mol. The molecule has 0 saturated carbocycles. The number of carbonyl (C=O) groups excluding carboxylic acids is 1. The van der Waals surface area contributed by atoms with Crippen molar-refractivity contribution in [1.29, 1.82) is 0 Å². The molecule has 1 aromatic rings. The molecule has 7 nitrogen and oxygen atoms in total. The summed E-state index contributed by atoms with van der Waals surface area (Å²) in [5.74, 6) is -0.568. The Kier molecular flexibility index (Phi) is 6.48. The number of ether oxygens (including phenoxy) is 1. The molecule has 0 spiro atoms. The number of urea groups is 1. The first-order valence-corrected chi connectivity index (χ1v) is 6.53. The molecule has 4 N–H and O–H groups in total. The van der Waals surface area contributed by atoms with E-state index >= 15 is 0 Å². The highest BCUT2D eigenvalue weighted by atomic mass is 16.5. The number of benzene rings is 1. The molecule has 0 radical (unpaired) electrons. The largest absolute Gasteiger partial charge is 0.497 e. The molecule has 0 aromatic heterocycles. The van der Waals surface area contributed by atoms with Crippen molar-refractivity contribution >= 4 is 12.0 Å². The van der Waals surface area contributed by atoms with Crippen molar-refractivity contribution in [1.82, 2.24) is 10.6 Å². The predicted octanol–water partition coefficient (Wildman–Crippen LogP) is 0.891. The number of amides is 2. The van der Waals surface area contributed by atoms with Crippen LogP contribution in [0.5, 0.6) is 5.75 Å². The Labute approximate surface area is 122 Å². The van der Waals surface area contributed by atoms with Gasteiger partial charge in [0.15, 0.2) is 6.10 Å². The van der Waals surface area contributed by atoms with Gasteiger partial charge in [0, 0.05) is 13.0 Å². The first kappa shape index (κ1) is 16.8. The average Bonchev–Trinajstić information content (AvgIpc) is 2.46. The summed E-state index contributed by atoms with van der Waals surface area (Å²) in [5, 5.41) is 22.8. The van der Waals surface area contributed by atoms with Gasteiger partial charge in [0.1, 0.15) is 5.75 Å². The highest BCUT2D eigenvalue weighted by Crippen LogP contribution is 2.16. The van der Waals surface area contributed by atoms with Gasteiger partial charge in [-0.3, -0.25) is 0 Å². The van der Waals surface area contributed by atoms with E-state index in [-0.39, 0.29) is 19.0 Å². The van der Waals surface area contributed by atoms with Crippen LogP contribution in [0, 0.1) is 0 Å². The molecular weight excluding hydrogens is 276 g/mol. The van der Waals surface area contributed by atoms with Crippen LogP contribution in [0.3, 0.4) is 0 Å². The molecule has 7 heteroatoms. The van der Waals surface area contributed by atoms with E-state index in [2.05, 4.69) is 10.6 Å². The zero-order chi connectivity index (χ0) is 15.8. The minimum absolute atomic E-state index is 0.0420. The molecule has 0 aliphatic rings. The highest BCUT2D eigenvalue weighted by molar-refractivity contribution is 5.75. The molecule has 0 aliphatic carbocycles. The van der Waals surface area contributed by atoms with Gasteiger partial charge in [-0.05, 0) is 24.6 Å². The fraction of sp³-hybridized carbons (Fsp3) is 0.429. The van der Waals surface area contributed by atoms with E-state index in [9.17, 15) is 9.59 Å². The average molecular weight is 296 g/mol. The first-order valence-electron chi connectivity index (χ1n) is 6.53. The van der Waals surface area contributed by atoms with Crippen LogP contribution >= 0.6 is 0 Å². The van der Waals surface area contributed by atoms with Crippen molar-refractivity contribution in [2.75, 3.05) is 13.7 Å². The summed E-state index contributed by atoms with van der Waals surface area (Å²) in [6.07, 6.45) is -1.51. The second-order valence-corrected chi connectivity index (χ2v) is 4.54. The number of aliphatic hydroxyl groups excluding tert-OH is 1. The Morgan fingerprint density at radius 3 is 2.43 bits per heavy atom. The SMILES string of the molecule is COc1ccc(C(C)NC(=O)NCCC(O)C(=O)O)cc1. The molecule has 1 aromatic carbocycles. The summed E-state index contributed by atoms with van der Waals surface area (Å²) in [6.45, 7) is 1.90.